The van der Waals surface area contributed by atoms with Gasteiger partial charge in [0.1, 0.15) is 11.6 Å². The second kappa shape index (κ2) is 4.91. The van der Waals surface area contributed by atoms with Crippen LogP contribution in [-0.4, -0.2) is 12.6 Å². The van der Waals surface area contributed by atoms with Crippen molar-refractivity contribution in [2.45, 2.75) is 38.1 Å². The largest absolute Gasteiger partial charge is 0.314 e. The number of halogens is 2. The fourth-order valence-corrected chi connectivity index (χ4v) is 2.57. The zero-order valence-electron chi connectivity index (χ0n) is 9.47. The van der Waals surface area contributed by atoms with Gasteiger partial charge >= 0.3 is 0 Å². The first kappa shape index (κ1) is 11.5. The average molecular weight is 225 g/mol. The summed E-state index contributed by atoms with van der Waals surface area (Å²) in [5.74, 6) is -0.658. The Bertz CT molecular complexity index is 365. The topological polar surface area (TPSA) is 12.0 Å². The van der Waals surface area contributed by atoms with E-state index in [0.29, 0.717) is 11.6 Å². The molecular formula is C13H17F2N. The van der Waals surface area contributed by atoms with Crippen LogP contribution >= 0.6 is 0 Å². The summed E-state index contributed by atoms with van der Waals surface area (Å²) in [6, 6.07) is 4.40. The lowest BCUT2D eigenvalue weighted by molar-refractivity contribution is 0.523. The molecule has 0 heterocycles. The molecule has 1 aliphatic rings. The summed E-state index contributed by atoms with van der Waals surface area (Å²) >= 11 is 0. The lowest BCUT2D eigenvalue weighted by Crippen LogP contribution is -2.25. The van der Waals surface area contributed by atoms with Gasteiger partial charge in [-0.1, -0.05) is 13.0 Å². The van der Waals surface area contributed by atoms with Gasteiger partial charge in [0.2, 0.25) is 0 Å². The number of rotatable bonds is 3. The Morgan fingerprint density at radius 3 is 2.81 bits per heavy atom. The third-order valence-corrected chi connectivity index (χ3v) is 3.33. The molecule has 16 heavy (non-hydrogen) atoms. The molecule has 0 aliphatic heterocycles. The molecule has 0 aromatic heterocycles. The van der Waals surface area contributed by atoms with E-state index in [4.69, 9.17) is 0 Å². The quantitative estimate of drug-likeness (QED) is 0.833. The summed E-state index contributed by atoms with van der Waals surface area (Å²) in [5.41, 5.74) is 0.668. The maximum atomic E-state index is 13.6. The molecule has 1 N–H and O–H groups in total. The highest BCUT2D eigenvalue weighted by Gasteiger charge is 2.27. The summed E-state index contributed by atoms with van der Waals surface area (Å²) in [6.07, 6.45) is 3.02. The molecule has 0 saturated heterocycles. The first-order valence-electron chi connectivity index (χ1n) is 5.89. The molecule has 0 amide bonds. The van der Waals surface area contributed by atoms with E-state index in [1.54, 1.807) is 6.07 Å². The maximum absolute atomic E-state index is 13.6. The summed E-state index contributed by atoms with van der Waals surface area (Å²) < 4.78 is 26.3. The van der Waals surface area contributed by atoms with Crippen LogP contribution in [0.15, 0.2) is 18.2 Å². The minimum atomic E-state index is -0.498. The monoisotopic (exact) mass is 225 g/mol. The van der Waals surface area contributed by atoms with Crippen LogP contribution in [-0.2, 0) is 0 Å². The van der Waals surface area contributed by atoms with Crippen LogP contribution in [0.3, 0.4) is 0 Å². The zero-order chi connectivity index (χ0) is 11.5. The van der Waals surface area contributed by atoms with Crippen molar-refractivity contribution in [3.63, 3.8) is 0 Å². The van der Waals surface area contributed by atoms with E-state index in [2.05, 4.69) is 12.2 Å². The van der Waals surface area contributed by atoms with Crippen molar-refractivity contribution < 1.29 is 8.78 Å². The Labute approximate surface area is 94.9 Å². The molecule has 0 spiro atoms. The fourth-order valence-electron chi connectivity index (χ4n) is 2.57. The fraction of sp³-hybridized carbons (Fsp3) is 0.538. The van der Waals surface area contributed by atoms with E-state index in [-0.39, 0.29) is 5.92 Å². The molecule has 0 bridgehead atoms. The summed E-state index contributed by atoms with van der Waals surface area (Å²) in [5, 5.41) is 3.38. The van der Waals surface area contributed by atoms with Crippen LogP contribution in [0.25, 0.3) is 0 Å². The maximum Gasteiger partial charge on any atom is 0.129 e. The van der Waals surface area contributed by atoms with Crippen LogP contribution in [0.5, 0.6) is 0 Å². The first-order valence-corrected chi connectivity index (χ1v) is 5.89. The second-order valence-corrected chi connectivity index (χ2v) is 4.43. The normalized spacial score (nSPS) is 24.9. The van der Waals surface area contributed by atoms with Crippen LogP contribution in [0, 0.1) is 11.6 Å². The molecule has 1 aromatic rings. The van der Waals surface area contributed by atoms with Gasteiger partial charge in [0, 0.05) is 12.1 Å². The van der Waals surface area contributed by atoms with E-state index >= 15 is 0 Å². The summed E-state index contributed by atoms with van der Waals surface area (Å²) in [4.78, 5) is 0. The average Bonchev–Trinajstić information content (AvgIpc) is 2.67. The zero-order valence-corrected chi connectivity index (χ0v) is 9.47. The predicted molar refractivity (Wildman–Crippen MR) is 60.4 cm³/mol. The predicted octanol–water partition coefficient (Wildman–Crippen LogP) is 3.21. The van der Waals surface area contributed by atoms with Gasteiger partial charge in [0.15, 0.2) is 0 Å². The van der Waals surface area contributed by atoms with Gasteiger partial charge in [-0.05, 0) is 43.4 Å². The number of hydrogen-bond acceptors (Lipinski definition) is 1. The highest BCUT2D eigenvalue weighted by atomic mass is 19.1. The number of hydrogen-bond donors (Lipinski definition) is 1. The number of benzene rings is 1. The van der Waals surface area contributed by atoms with Crippen molar-refractivity contribution in [3.8, 4) is 0 Å². The molecule has 88 valence electrons. The van der Waals surface area contributed by atoms with Gasteiger partial charge in [-0.2, -0.15) is 0 Å². The summed E-state index contributed by atoms with van der Waals surface area (Å²) in [7, 11) is 0. The summed E-state index contributed by atoms with van der Waals surface area (Å²) in [6.45, 7) is 3.02. The van der Waals surface area contributed by atoms with Gasteiger partial charge in [-0.15, -0.1) is 0 Å². The third kappa shape index (κ3) is 2.40. The number of nitrogens with one attached hydrogen (secondary N) is 1. The molecule has 3 heteroatoms. The molecule has 1 aliphatic carbocycles. The van der Waals surface area contributed by atoms with Crippen LogP contribution in [0.2, 0.25) is 0 Å². The second-order valence-electron chi connectivity index (χ2n) is 4.43. The Hall–Kier alpha value is -0.960. The Kier molecular flexibility index (Phi) is 3.54. The SMILES string of the molecule is CCNC1CCC(c2ccc(F)cc2F)C1. The highest BCUT2D eigenvalue weighted by Crippen LogP contribution is 2.35. The van der Waals surface area contributed by atoms with Crippen molar-refractivity contribution in [1.29, 1.82) is 0 Å². The molecule has 1 fully saturated rings. The van der Waals surface area contributed by atoms with E-state index in [1.807, 2.05) is 0 Å². The van der Waals surface area contributed by atoms with Crippen molar-refractivity contribution >= 4 is 0 Å². The van der Waals surface area contributed by atoms with E-state index in [0.717, 1.165) is 31.9 Å². The molecule has 2 unspecified atom stereocenters. The van der Waals surface area contributed by atoms with Gasteiger partial charge < -0.3 is 5.32 Å². The Morgan fingerprint density at radius 2 is 2.12 bits per heavy atom. The van der Waals surface area contributed by atoms with E-state index < -0.39 is 11.6 Å². The van der Waals surface area contributed by atoms with Crippen LogP contribution in [0.4, 0.5) is 8.78 Å². The first-order chi connectivity index (χ1) is 7.70. The standard InChI is InChI=1S/C13H17F2N/c1-2-16-11-5-3-9(7-11)12-6-4-10(14)8-13(12)15/h4,6,8-9,11,16H,2-3,5,7H2,1H3. The lowest BCUT2D eigenvalue weighted by Gasteiger charge is -2.13. The van der Waals surface area contributed by atoms with E-state index in [9.17, 15) is 8.78 Å². The molecular weight excluding hydrogens is 208 g/mol. The van der Waals surface area contributed by atoms with Crippen molar-refractivity contribution in [1.82, 2.24) is 5.32 Å². The van der Waals surface area contributed by atoms with Gasteiger partial charge in [-0.25, -0.2) is 8.78 Å². The Balaban J connectivity index is 2.08. The minimum Gasteiger partial charge on any atom is -0.314 e. The van der Waals surface area contributed by atoms with Gasteiger partial charge in [0.25, 0.3) is 0 Å². The Morgan fingerprint density at radius 1 is 1.31 bits per heavy atom. The molecule has 2 atom stereocenters. The van der Waals surface area contributed by atoms with Gasteiger partial charge in [-0.3, -0.25) is 0 Å². The van der Waals surface area contributed by atoms with Crippen molar-refractivity contribution in [2.24, 2.45) is 0 Å². The minimum absolute atomic E-state index is 0.240. The van der Waals surface area contributed by atoms with Crippen molar-refractivity contribution in [3.05, 3.63) is 35.4 Å². The lowest BCUT2D eigenvalue weighted by atomic mass is 9.97. The highest BCUT2D eigenvalue weighted by molar-refractivity contribution is 5.24. The van der Waals surface area contributed by atoms with Crippen molar-refractivity contribution in [2.75, 3.05) is 6.54 Å². The molecule has 0 radical (unpaired) electrons. The van der Waals surface area contributed by atoms with Crippen LogP contribution in [0.1, 0.15) is 37.7 Å². The molecule has 1 saturated carbocycles. The molecule has 2 rings (SSSR count). The van der Waals surface area contributed by atoms with Crippen LogP contribution < -0.4 is 5.32 Å². The smallest absolute Gasteiger partial charge is 0.129 e. The molecule has 1 aromatic carbocycles. The van der Waals surface area contributed by atoms with Gasteiger partial charge in [0.05, 0.1) is 0 Å². The molecule has 1 nitrogen and oxygen atoms in total. The van der Waals surface area contributed by atoms with E-state index in [1.165, 1.54) is 6.07 Å². The third-order valence-electron chi connectivity index (χ3n) is 3.33.